The first-order valence-electron chi connectivity index (χ1n) is 8.77. The van der Waals surface area contributed by atoms with E-state index >= 15 is 0 Å². The number of rotatable bonds is 3. The highest BCUT2D eigenvalue weighted by atomic mass is 16.5. The fourth-order valence-electron chi connectivity index (χ4n) is 3.70. The number of esters is 1. The van der Waals surface area contributed by atoms with E-state index in [2.05, 4.69) is 0 Å². The molecule has 6 heteroatoms. The maximum absolute atomic E-state index is 12.6. The number of aromatic hydroxyl groups is 1. The Morgan fingerprint density at radius 1 is 1.24 bits per heavy atom. The van der Waals surface area contributed by atoms with Crippen LogP contribution < -0.4 is 0 Å². The summed E-state index contributed by atoms with van der Waals surface area (Å²) in [5, 5.41) is 20.3. The second-order valence-electron chi connectivity index (χ2n) is 7.02. The number of carbonyl (C=O) groups excluding carboxylic acids is 2. The Hall–Kier alpha value is -1.92. The molecule has 2 bridgehead atoms. The molecule has 2 N–H and O–H groups in total. The van der Waals surface area contributed by atoms with Crippen molar-refractivity contribution in [2.45, 2.75) is 69.9 Å². The van der Waals surface area contributed by atoms with Crippen molar-refractivity contribution in [3.05, 3.63) is 29.3 Å². The molecule has 0 aromatic heterocycles. The van der Waals surface area contributed by atoms with Crippen molar-refractivity contribution in [2.75, 3.05) is 0 Å². The molecule has 3 rings (SSSR count). The Labute approximate surface area is 146 Å². The van der Waals surface area contributed by atoms with E-state index in [1.54, 1.807) is 12.1 Å². The summed E-state index contributed by atoms with van der Waals surface area (Å²) in [6.07, 6.45) is 1.21. The van der Waals surface area contributed by atoms with Gasteiger partial charge in [-0.05, 0) is 44.2 Å². The first kappa shape index (κ1) is 17.9. The van der Waals surface area contributed by atoms with Crippen LogP contribution in [0.4, 0.5) is 0 Å². The van der Waals surface area contributed by atoms with E-state index in [9.17, 15) is 19.8 Å². The van der Waals surface area contributed by atoms with Gasteiger partial charge in [0.1, 0.15) is 23.2 Å². The maximum Gasteiger partial charge on any atom is 0.342 e. The smallest absolute Gasteiger partial charge is 0.342 e. The summed E-state index contributed by atoms with van der Waals surface area (Å²) < 4.78 is 11.7. The van der Waals surface area contributed by atoms with Crippen LogP contribution in [0, 0.1) is 0 Å². The lowest BCUT2D eigenvalue weighted by Crippen LogP contribution is -2.40. The minimum atomic E-state index is -0.567. The number of aliphatic hydroxyl groups is 1. The molecule has 2 heterocycles. The number of phenolic OH excluding ortho intramolecular Hbond substituents is 1. The fourth-order valence-corrected chi connectivity index (χ4v) is 3.70. The van der Waals surface area contributed by atoms with Crippen LogP contribution in [0.2, 0.25) is 0 Å². The van der Waals surface area contributed by atoms with E-state index < -0.39 is 18.2 Å². The van der Waals surface area contributed by atoms with Crippen molar-refractivity contribution < 1.29 is 29.3 Å². The van der Waals surface area contributed by atoms with Crippen molar-refractivity contribution in [1.82, 2.24) is 0 Å². The fraction of sp³-hybridized carbons (Fsp3) is 0.579. The summed E-state index contributed by atoms with van der Waals surface area (Å²) in [5.74, 6) is -0.665. The Kier molecular flexibility index (Phi) is 5.39. The van der Waals surface area contributed by atoms with Gasteiger partial charge in [0.2, 0.25) is 0 Å². The maximum atomic E-state index is 12.6. The van der Waals surface area contributed by atoms with Gasteiger partial charge in [-0.3, -0.25) is 0 Å². The molecule has 0 amide bonds. The number of ketones is 1. The molecule has 0 radical (unpaired) electrons. The van der Waals surface area contributed by atoms with Gasteiger partial charge in [0.25, 0.3) is 0 Å². The highest BCUT2D eigenvalue weighted by molar-refractivity contribution is 5.94. The number of benzene rings is 1. The van der Waals surface area contributed by atoms with Crippen molar-refractivity contribution in [3.63, 3.8) is 0 Å². The average Bonchev–Trinajstić information content (AvgIpc) is 2.51. The largest absolute Gasteiger partial charge is 0.507 e. The Balaban J connectivity index is 1.92. The van der Waals surface area contributed by atoms with Crippen LogP contribution in [0.3, 0.4) is 0 Å². The van der Waals surface area contributed by atoms with Crippen LogP contribution >= 0.6 is 0 Å². The first-order chi connectivity index (χ1) is 11.9. The van der Waals surface area contributed by atoms with Gasteiger partial charge in [-0.15, -0.1) is 0 Å². The molecule has 1 aromatic rings. The average molecular weight is 348 g/mol. The summed E-state index contributed by atoms with van der Waals surface area (Å²) in [6.45, 7) is 1.50. The highest BCUT2D eigenvalue weighted by Gasteiger charge is 2.34. The van der Waals surface area contributed by atoms with Gasteiger partial charge in [0, 0.05) is 12.8 Å². The lowest BCUT2D eigenvalue weighted by Gasteiger charge is -2.36. The second-order valence-corrected chi connectivity index (χ2v) is 7.02. The third-order valence-electron chi connectivity index (χ3n) is 4.85. The number of ether oxygens (including phenoxy) is 2. The SMILES string of the molecule is CC(=O)CCC1C[C@H]2CC(O)CC(Cc3cccc(O)c3C(=O)O1)O2. The quantitative estimate of drug-likeness (QED) is 0.813. The van der Waals surface area contributed by atoms with Crippen LogP contribution in [0.25, 0.3) is 0 Å². The summed E-state index contributed by atoms with van der Waals surface area (Å²) in [4.78, 5) is 23.9. The molecule has 6 nitrogen and oxygen atoms in total. The molecule has 0 aliphatic carbocycles. The van der Waals surface area contributed by atoms with Gasteiger partial charge >= 0.3 is 5.97 Å². The van der Waals surface area contributed by atoms with E-state index in [-0.39, 0.29) is 29.3 Å². The van der Waals surface area contributed by atoms with Crippen molar-refractivity contribution >= 4 is 11.8 Å². The van der Waals surface area contributed by atoms with E-state index in [0.717, 1.165) is 0 Å². The molecule has 136 valence electrons. The Bertz CT molecular complexity index is 655. The second kappa shape index (κ2) is 7.54. The van der Waals surface area contributed by atoms with Crippen LogP contribution in [-0.4, -0.2) is 46.4 Å². The van der Waals surface area contributed by atoms with Gasteiger partial charge in [-0.2, -0.15) is 0 Å². The number of aliphatic hydroxyl groups excluding tert-OH is 1. The minimum Gasteiger partial charge on any atom is -0.507 e. The topological polar surface area (TPSA) is 93.1 Å². The zero-order chi connectivity index (χ0) is 18.0. The van der Waals surface area contributed by atoms with Gasteiger partial charge in [-0.25, -0.2) is 4.79 Å². The number of hydrogen-bond acceptors (Lipinski definition) is 6. The molecular formula is C19H24O6. The highest BCUT2D eigenvalue weighted by Crippen LogP contribution is 2.32. The Morgan fingerprint density at radius 2 is 2.00 bits per heavy atom. The number of cyclic esters (lactones) is 1. The molecule has 4 atom stereocenters. The zero-order valence-electron chi connectivity index (χ0n) is 14.3. The summed E-state index contributed by atoms with van der Waals surface area (Å²) in [7, 11) is 0. The Morgan fingerprint density at radius 3 is 2.76 bits per heavy atom. The lowest BCUT2D eigenvalue weighted by atomic mass is 9.91. The first-order valence-corrected chi connectivity index (χ1v) is 8.77. The van der Waals surface area contributed by atoms with Gasteiger partial charge in [-0.1, -0.05) is 12.1 Å². The predicted molar refractivity (Wildman–Crippen MR) is 89.4 cm³/mol. The summed E-state index contributed by atoms with van der Waals surface area (Å²) >= 11 is 0. The monoisotopic (exact) mass is 348 g/mol. The molecule has 2 aliphatic heterocycles. The van der Waals surface area contributed by atoms with Crippen LogP contribution in [-0.2, 0) is 20.7 Å². The van der Waals surface area contributed by atoms with E-state index in [0.29, 0.717) is 44.1 Å². The normalized spacial score (nSPS) is 29.4. The lowest BCUT2D eigenvalue weighted by molar-refractivity contribution is -0.120. The molecule has 2 aliphatic rings. The van der Waals surface area contributed by atoms with E-state index in [4.69, 9.17) is 9.47 Å². The van der Waals surface area contributed by atoms with Crippen LogP contribution in [0.15, 0.2) is 18.2 Å². The number of Topliss-reactive ketones (excluding diaryl/α,β-unsaturated/α-hetero) is 1. The summed E-state index contributed by atoms with van der Waals surface area (Å²) in [5.41, 5.74) is 0.799. The molecule has 0 spiro atoms. The molecule has 1 saturated heterocycles. The molecular weight excluding hydrogens is 324 g/mol. The van der Waals surface area contributed by atoms with E-state index in [1.165, 1.54) is 13.0 Å². The molecule has 1 fully saturated rings. The number of hydrogen-bond donors (Lipinski definition) is 2. The van der Waals surface area contributed by atoms with E-state index in [1.807, 2.05) is 0 Å². The van der Waals surface area contributed by atoms with Crippen molar-refractivity contribution in [2.24, 2.45) is 0 Å². The summed E-state index contributed by atoms with van der Waals surface area (Å²) in [6, 6.07) is 4.90. The zero-order valence-corrected chi connectivity index (χ0v) is 14.3. The standard InChI is InChI=1S/C19H24O6/c1-11(20)5-6-14-10-16-9-13(21)8-15(24-16)7-12-3-2-4-17(22)18(12)19(23)25-14/h2-4,13-16,21-22H,5-10H2,1H3/t13?,14?,15?,16-/m1/s1. The number of phenols is 1. The van der Waals surface area contributed by atoms with Gasteiger partial charge < -0.3 is 24.5 Å². The molecule has 25 heavy (non-hydrogen) atoms. The van der Waals surface area contributed by atoms with Gasteiger partial charge in [0.05, 0.1) is 18.3 Å². The minimum absolute atomic E-state index is 0.0267. The third kappa shape index (κ3) is 4.38. The molecule has 1 aromatic carbocycles. The van der Waals surface area contributed by atoms with Gasteiger partial charge in [0.15, 0.2) is 0 Å². The molecule has 3 unspecified atom stereocenters. The third-order valence-corrected chi connectivity index (χ3v) is 4.85. The number of carbonyl (C=O) groups is 2. The van der Waals surface area contributed by atoms with Crippen LogP contribution in [0.1, 0.15) is 54.9 Å². The number of fused-ring (bicyclic) bond motifs is 3. The van der Waals surface area contributed by atoms with Crippen molar-refractivity contribution in [1.29, 1.82) is 0 Å². The van der Waals surface area contributed by atoms with Crippen molar-refractivity contribution in [3.8, 4) is 5.75 Å². The predicted octanol–water partition coefficient (Wildman–Crippen LogP) is 2.14. The molecule has 0 saturated carbocycles. The van der Waals surface area contributed by atoms with Crippen LogP contribution in [0.5, 0.6) is 5.75 Å².